The van der Waals surface area contributed by atoms with Crippen LogP contribution in [0.3, 0.4) is 0 Å². The first-order valence-corrected chi connectivity index (χ1v) is 10.2. The number of aromatic nitrogens is 4. The molecule has 1 aliphatic heterocycles. The molecule has 0 radical (unpaired) electrons. The van der Waals surface area contributed by atoms with Gasteiger partial charge in [0.25, 0.3) is 0 Å². The number of aryl methyl sites for hydroxylation is 3. The molecule has 7 nitrogen and oxygen atoms in total. The topological polar surface area (TPSA) is 80.0 Å². The molecule has 2 N–H and O–H groups in total. The number of hydrogen-bond acceptors (Lipinski definition) is 5. The normalized spacial score (nSPS) is 17.5. The maximum atomic E-state index is 4.76. The SMILES string of the molecule is CCNC(=NCc1nc(C(C)C)c(C)s1)NC1CCCn2nc(C)nc21. The molecule has 0 saturated heterocycles. The van der Waals surface area contributed by atoms with Gasteiger partial charge in [-0.2, -0.15) is 5.10 Å². The number of fused-ring (bicyclic) bond motifs is 1. The second kappa shape index (κ2) is 8.16. The molecule has 0 bridgehead atoms. The van der Waals surface area contributed by atoms with Crippen LogP contribution < -0.4 is 10.6 Å². The van der Waals surface area contributed by atoms with Gasteiger partial charge >= 0.3 is 0 Å². The molecule has 0 spiro atoms. The Bertz CT molecular complexity index is 775. The van der Waals surface area contributed by atoms with Gasteiger partial charge in [-0.15, -0.1) is 11.3 Å². The highest BCUT2D eigenvalue weighted by molar-refractivity contribution is 7.11. The molecule has 142 valence electrons. The van der Waals surface area contributed by atoms with Crippen LogP contribution in [0.4, 0.5) is 0 Å². The highest BCUT2D eigenvalue weighted by Gasteiger charge is 2.24. The van der Waals surface area contributed by atoms with Crippen LogP contribution in [0.2, 0.25) is 0 Å². The molecule has 0 aliphatic carbocycles. The molecular formula is C18H29N7S. The van der Waals surface area contributed by atoms with Crippen LogP contribution in [0.15, 0.2) is 4.99 Å². The van der Waals surface area contributed by atoms with Crippen molar-refractivity contribution in [1.29, 1.82) is 0 Å². The van der Waals surface area contributed by atoms with Crippen molar-refractivity contribution in [3.63, 3.8) is 0 Å². The maximum Gasteiger partial charge on any atom is 0.192 e. The summed E-state index contributed by atoms with van der Waals surface area (Å²) in [5, 5.41) is 12.4. The highest BCUT2D eigenvalue weighted by atomic mass is 32.1. The van der Waals surface area contributed by atoms with Gasteiger partial charge in [0, 0.05) is 18.0 Å². The maximum absolute atomic E-state index is 4.76. The molecule has 3 heterocycles. The first-order chi connectivity index (χ1) is 12.5. The number of nitrogens with zero attached hydrogens (tertiary/aromatic N) is 5. The van der Waals surface area contributed by atoms with Gasteiger partial charge in [0.05, 0.1) is 18.3 Å². The van der Waals surface area contributed by atoms with Crippen molar-refractivity contribution in [2.24, 2.45) is 4.99 Å². The van der Waals surface area contributed by atoms with Gasteiger partial charge in [0.15, 0.2) is 5.96 Å². The van der Waals surface area contributed by atoms with E-state index in [4.69, 9.17) is 9.98 Å². The van der Waals surface area contributed by atoms with Gasteiger partial charge in [0.1, 0.15) is 16.7 Å². The Morgan fingerprint density at radius 1 is 1.35 bits per heavy atom. The summed E-state index contributed by atoms with van der Waals surface area (Å²) in [6, 6.07) is 0.145. The summed E-state index contributed by atoms with van der Waals surface area (Å²) in [7, 11) is 0. The summed E-state index contributed by atoms with van der Waals surface area (Å²) in [6.07, 6.45) is 2.13. The van der Waals surface area contributed by atoms with Crippen LogP contribution in [0.1, 0.15) is 72.8 Å². The van der Waals surface area contributed by atoms with E-state index >= 15 is 0 Å². The van der Waals surface area contributed by atoms with Crippen molar-refractivity contribution in [3.05, 3.63) is 27.2 Å². The third-order valence-electron chi connectivity index (χ3n) is 4.43. The fourth-order valence-electron chi connectivity index (χ4n) is 3.31. The minimum Gasteiger partial charge on any atom is -0.357 e. The number of thiazole rings is 1. The molecule has 2 aromatic heterocycles. The number of aliphatic imine (C=N–C) groups is 1. The zero-order valence-corrected chi connectivity index (χ0v) is 17.2. The Hall–Kier alpha value is -1.96. The summed E-state index contributed by atoms with van der Waals surface area (Å²) in [5.41, 5.74) is 1.19. The minimum atomic E-state index is 0.145. The number of rotatable bonds is 5. The molecule has 1 atom stereocenters. The van der Waals surface area contributed by atoms with Gasteiger partial charge in [0.2, 0.25) is 0 Å². The largest absolute Gasteiger partial charge is 0.357 e. The van der Waals surface area contributed by atoms with Crippen LogP contribution in [-0.4, -0.2) is 32.3 Å². The van der Waals surface area contributed by atoms with E-state index in [9.17, 15) is 0 Å². The number of hydrogen-bond donors (Lipinski definition) is 2. The number of nitrogens with one attached hydrogen (secondary N) is 2. The molecule has 26 heavy (non-hydrogen) atoms. The lowest BCUT2D eigenvalue weighted by molar-refractivity contribution is 0.397. The van der Waals surface area contributed by atoms with Crippen LogP contribution in [0.25, 0.3) is 0 Å². The van der Waals surface area contributed by atoms with Crippen LogP contribution in [0.5, 0.6) is 0 Å². The lowest BCUT2D eigenvalue weighted by Gasteiger charge is -2.24. The van der Waals surface area contributed by atoms with E-state index in [1.165, 1.54) is 10.6 Å². The van der Waals surface area contributed by atoms with E-state index < -0.39 is 0 Å². The van der Waals surface area contributed by atoms with Crippen molar-refractivity contribution in [3.8, 4) is 0 Å². The molecule has 1 unspecified atom stereocenters. The molecule has 0 aromatic carbocycles. The molecule has 3 rings (SSSR count). The Kier molecular flexibility index (Phi) is 5.90. The molecule has 8 heteroatoms. The van der Waals surface area contributed by atoms with Gasteiger partial charge in [-0.25, -0.2) is 19.6 Å². The second-order valence-corrected chi connectivity index (χ2v) is 8.27. The first kappa shape index (κ1) is 18.8. The van der Waals surface area contributed by atoms with Crippen molar-refractivity contribution in [1.82, 2.24) is 30.4 Å². The van der Waals surface area contributed by atoms with Gasteiger partial charge < -0.3 is 10.6 Å². The molecular weight excluding hydrogens is 346 g/mol. The summed E-state index contributed by atoms with van der Waals surface area (Å²) in [6.45, 7) is 12.9. The minimum absolute atomic E-state index is 0.145. The van der Waals surface area contributed by atoms with Crippen molar-refractivity contribution in [2.75, 3.05) is 6.54 Å². The fourth-order valence-corrected chi connectivity index (χ4v) is 4.32. The second-order valence-electron chi connectivity index (χ2n) is 6.98. The Morgan fingerprint density at radius 3 is 2.85 bits per heavy atom. The average molecular weight is 376 g/mol. The predicted molar refractivity (Wildman–Crippen MR) is 106 cm³/mol. The summed E-state index contributed by atoms with van der Waals surface area (Å²) in [4.78, 5) is 15.4. The standard InChI is InChI=1S/C18H29N7S/c1-6-19-18(20-10-15-23-16(11(2)3)12(4)26-15)22-14-8-7-9-25-17(14)21-13(5)24-25/h11,14H,6-10H2,1-5H3,(H2,19,20,22). The lowest BCUT2D eigenvalue weighted by Crippen LogP contribution is -2.41. The quantitative estimate of drug-likeness (QED) is 0.620. The summed E-state index contributed by atoms with van der Waals surface area (Å²) < 4.78 is 2.01. The van der Waals surface area contributed by atoms with E-state index in [0.29, 0.717) is 12.5 Å². The predicted octanol–water partition coefficient (Wildman–Crippen LogP) is 3.07. The highest BCUT2D eigenvalue weighted by Crippen LogP contribution is 2.25. The Balaban J connectivity index is 1.73. The van der Waals surface area contributed by atoms with Crippen molar-refractivity contribution >= 4 is 17.3 Å². The molecule has 1 aliphatic rings. The zero-order chi connectivity index (χ0) is 18.7. The number of guanidine groups is 1. The summed E-state index contributed by atoms with van der Waals surface area (Å²) in [5.74, 6) is 3.10. The summed E-state index contributed by atoms with van der Waals surface area (Å²) >= 11 is 1.74. The van der Waals surface area contributed by atoms with Gasteiger partial charge in [-0.3, -0.25) is 0 Å². The smallest absolute Gasteiger partial charge is 0.192 e. The first-order valence-electron chi connectivity index (χ1n) is 9.40. The van der Waals surface area contributed by atoms with E-state index in [-0.39, 0.29) is 6.04 Å². The lowest BCUT2D eigenvalue weighted by atomic mass is 10.1. The third-order valence-corrected chi connectivity index (χ3v) is 5.40. The monoisotopic (exact) mass is 375 g/mol. The van der Waals surface area contributed by atoms with Crippen molar-refractivity contribution in [2.45, 2.75) is 72.5 Å². The Labute approximate surface area is 159 Å². The molecule has 2 aromatic rings. The van der Waals surface area contributed by atoms with E-state index in [2.05, 4.69) is 48.4 Å². The average Bonchev–Trinajstić information content (AvgIpc) is 3.15. The van der Waals surface area contributed by atoms with E-state index in [1.54, 1.807) is 11.3 Å². The molecule has 0 saturated carbocycles. The van der Waals surface area contributed by atoms with Crippen LogP contribution >= 0.6 is 11.3 Å². The molecule has 0 fully saturated rings. The van der Waals surface area contributed by atoms with Gasteiger partial charge in [-0.05, 0) is 39.5 Å². The van der Waals surface area contributed by atoms with Crippen molar-refractivity contribution < 1.29 is 0 Å². The van der Waals surface area contributed by atoms with E-state index in [1.807, 2.05) is 11.6 Å². The van der Waals surface area contributed by atoms with Crippen LogP contribution in [0, 0.1) is 13.8 Å². The zero-order valence-electron chi connectivity index (χ0n) is 16.3. The van der Waals surface area contributed by atoms with E-state index in [0.717, 1.165) is 48.5 Å². The van der Waals surface area contributed by atoms with Gasteiger partial charge in [-0.1, -0.05) is 13.8 Å². The fraction of sp³-hybridized carbons (Fsp3) is 0.667. The molecule has 0 amide bonds. The van der Waals surface area contributed by atoms with Crippen LogP contribution in [-0.2, 0) is 13.1 Å². The Morgan fingerprint density at radius 2 is 2.15 bits per heavy atom. The third kappa shape index (κ3) is 4.23.